The quantitative estimate of drug-likeness (QED) is 0.918. The molecule has 0 aliphatic carbocycles. The van der Waals surface area contributed by atoms with E-state index in [0.717, 1.165) is 12.1 Å². The lowest BCUT2D eigenvalue weighted by atomic mass is 9.97. The SMILES string of the molecule is CNC1=C(c2cccc(OC(F)(F)F)c2)C(=O)C(c2cccnc2)O1. The summed E-state index contributed by atoms with van der Waals surface area (Å²) in [6.07, 6.45) is -2.65. The molecular weight excluding hydrogens is 337 g/mol. The molecular formula is C17H13F3N2O3. The number of aromatic nitrogens is 1. The number of alkyl halides is 3. The minimum atomic E-state index is -4.81. The summed E-state index contributed by atoms with van der Waals surface area (Å²) in [6.45, 7) is 0. The summed E-state index contributed by atoms with van der Waals surface area (Å²) in [5, 5.41) is 2.76. The van der Waals surface area contributed by atoms with Crippen molar-refractivity contribution in [2.45, 2.75) is 12.5 Å². The number of benzene rings is 1. The number of nitrogens with one attached hydrogen (secondary N) is 1. The van der Waals surface area contributed by atoms with E-state index >= 15 is 0 Å². The standard InChI is InChI=1S/C17H13F3N2O3/c1-21-16-13(10-4-2-6-12(8-10)25-17(18,19)20)14(23)15(24-16)11-5-3-7-22-9-11/h2-9,15,21H,1H3. The van der Waals surface area contributed by atoms with Crippen molar-refractivity contribution in [3.05, 3.63) is 65.8 Å². The molecule has 1 aliphatic heterocycles. The molecule has 1 aliphatic rings. The molecule has 25 heavy (non-hydrogen) atoms. The lowest BCUT2D eigenvalue weighted by Gasteiger charge is -2.10. The van der Waals surface area contributed by atoms with Gasteiger partial charge in [0.1, 0.15) is 5.75 Å². The molecule has 0 radical (unpaired) electrons. The van der Waals surface area contributed by atoms with E-state index < -0.39 is 18.2 Å². The number of hydrogen-bond acceptors (Lipinski definition) is 5. The normalized spacial score (nSPS) is 17.4. The van der Waals surface area contributed by atoms with E-state index in [0.29, 0.717) is 5.56 Å². The van der Waals surface area contributed by atoms with Crippen LogP contribution >= 0.6 is 0 Å². The molecule has 1 aromatic heterocycles. The molecule has 2 aromatic rings. The first-order chi connectivity index (χ1) is 11.9. The lowest BCUT2D eigenvalue weighted by Crippen LogP contribution is -2.17. The Morgan fingerprint density at radius 1 is 1.24 bits per heavy atom. The molecule has 1 unspecified atom stereocenters. The van der Waals surface area contributed by atoms with Crippen LogP contribution in [0.3, 0.4) is 0 Å². The molecule has 0 saturated heterocycles. The predicted molar refractivity (Wildman–Crippen MR) is 82.2 cm³/mol. The monoisotopic (exact) mass is 350 g/mol. The number of carbonyl (C=O) groups is 1. The summed E-state index contributed by atoms with van der Waals surface area (Å²) in [5.74, 6) is -0.602. The van der Waals surface area contributed by atoms with E-state index in [2.05, 4.69) is 15.0 Å². The Balaban J connectivity index is 1.95. The van der Waals surface area contributed by atoms with Crippen LogP contribution in [0.15, 0.2) is 54.7 Å². The summed E-state index contributed by atoms with van der Waals surface area (Å²) < 4.78 is 46.8. The van der Waals surface area contributed by atoms with Gasteiger partial charge in [0.15, 0.2) is 12.0 Å². The number of ketones is 1. The maximum atomic E-state index is 12.8. The van der Waals surface area contributed by atoms with Crippen LogP contribution in [0.25, 0.3) is 5.57 Å². The highest BCUT2D eigenvalue weighted by Gasteiger charge is 2.37. The average Bonchev–Trinajstić information content (AvgIpc) is 2.91. The summed E-state index contributed by atoms with van der Waals surface area (Å²) in [7, 11) is 1.56. The second-order valence-electron chi connectivity index (χ2n) is 5.18. The fourth-order valence-corrected chi connectivity index (χ4v) is 2.53. The zero-order valence-electron chi connectivity index (χ0n) is 13.0. The molecule has 5 nitrogen and oxygen atoms in total. The number of pyridine rings is 1. The van der Waals surface area contributed by atoms with Crippen LogP contribution in [0, 0.1) is 0 Å². The molecule has 1 atom stereocenters. The minimum absolute atomic E-state index is 0.156. The Bertz CT molecular complexity index is 819. The van der Waals surface area contributed by atoms with Crippen molar-refractivity contribution in [3.63, 3.8) is 0 Å². The van der Waals surface area contributed by atoms with E-state index in [-0.39, 0.29) is 22.8 Å². The number of ether oxygens (including phenoxy) is 2. The smallest absolute Gasteiger partial charge is 0.462 e. The molecule has 0 fully saturated rings. The zero-order valence-corrected chi connectivity index (χ0v) is 13.0. The number of rotatable bonds is 4. The van der Waals surface area contributed by atoms with Crippen molar-refractivity contribution >= 4 is 11.4 Å². The highest BCUT2D eigenvalue weighted by Crippen LogP contribution is 2.37. The van der Waals surface area contributed by atoms with Gasteiger partial charge in [0.2, 0.25) is 5.78 Å². The molecule has 130 valence electrons. The molecule has 1 N–H and O–H groups in total. The van der Waals surface area contributed by atoms with Gasteiger partial charge in [-0.05, 0) is 23.8 Å². The Labute approximate surface area is 141 Å². The second kappa shape index (κ2) is 6.46. The number of nitrogens with zero attached hydrogens (tertiary/aromatic N) is 1. The van der Waals surface area contributed by atoms with Gasteiger partial charge in [-0.3, -0.25) is 9.78 Å². The van der Waals surface area contributed by atoms with Crippen LogP contribution in [0.5, 0.6) is 5.75 Å². The summed E-state index contributed by atoms with van der Waals surface area (Å²) in [4.78, 5) is 16.7. The highest BCUT2D eigenvalue weighted by molar-refractivity contribution is 6.25. The highest BCUT2D eigenvalue weighted by atomic mass is 19.4. The van der Waals surface area contributed by atoms with Crippen molar-refractivity contribution < 1.29 is 27.4 Å². The maximum Gasteiger partial charge on any atom is 0.573 e. The third kappa shape index (κ3) is 3.57. The van der Waals surface area contributed by atoms with E-state index in [9.17, 15) is 18.0 Å². The van der Waals surface area contributed by atoms with Gasteiger partial charge in [-0.1, -0.05) is 18.2 Å². The van der Waals surface area contributed by atoms with Gasteiger partial charge in [-0.2, -0.15) is 0 Å². The van der Waals surface area contributed by atoms with Crippen LogP contribution < -0.4 is 10.1 Å². The lowest BCUT2D eigenvalue weighted by molar-refractivity contribution is -0.274. The number of halogens is 3. The van der Waals surface area contributed by atoms with Crippen LogP contribution in [0.1, 0.15) is 17.2 Å². The van der Waals surface area contributed by atoms with Crippen molar-refractivity contribution in [1.29, 1.82) is 0 Å². The van der Waals surface area contributed by atoms with E-state index in [1.807, 2.05) is 0 Å². The summed E-state index contributed by atoms with van der Waals surface area (Å²) >= 11 is 0. The molecule has 3 rings (SSSR count). The van der Waals surface area contributed by atoms with Crippen molar-refractivity contribution in [2.24, 2.45) is 0 Å². The summed E-state index contributed by atoms with van der Waals surface area (Å²) in [6, 6.07) is 8.56. The number of carbonyl (C=O) groups excluding carboxylic acids is 1. The number of Topliss-reactive ketones (excluding diaryl/α,β-unsaturated/α-hetero) is 1. The maximum absolute atomic E-state index is 12.8. The van der Waals surface area contributed by atoms with Crippen molar-refractivity contribution in [2.75, 3.05) is 7.05 Å². The first kappa shape index (κ1) is 16.8. The third-order valence-electron chi connectivity index (χ3n) is 3.52. The largest absolute Gasteiger partial charge is 0.573 e. The van der Waals surface area contributed by atoms with Gasteiger partial charge < -0.3 is 14.8 Å². The number of hydrogen-bond donors (Lipinski definition) is 1. The van der Waals surface area contributed by atoms with Crippen molar-refractivity contribution in [1.82, 2.24) is 10.3 Å². The Kier molecular flexibility index (Phi) is 4.35. The molecule has 0 spiro atoms. The van der Waals surface area contributed by atoms with Gasteiger partial charge in [-0.25, -0.2) is 0 Å². The molecule has 1 aromatic carbocycles. The predicted octanol–water partition coefficient (Wildman–Crippen LogP) is 3.21. The first-order valence-electron chi connectivity index (χ1n) is 7.28. The van der Waals surface area contributed by atoms with Gasteiger partial charge >= 0.3 is 6.36 Å². The van der Waals surface area contributed by atoms with Crippen molar-refractivity contribution in [3.8, 4) is 5.75 Å². The van der Waals surface area contributed by atoms with E-state index in [1.54, 1.807) is 25.4 Å². The van der Waals surface area contributed by atoms with Crippen LogP contribution in [0.4, 0.5) is 13.2 Å². The van der Waals surface area contributed by atoms with Gasteiger partial charge in [0, 0.05) is 25.0 Å². The van der Waals surface area contributed by atoms with Crippen LogP contribution in [-0.4, -0.2) is 24.2 Å². The molecule has 8 heteroatoms. The first-order valence-corrected chi connectivity index (χ1v) is 7.28. The zero-order chi connectivity index (χ0) is 18.0. The summed E-state index contributed by atoms with van der Waals surface area (Å²) in [5.41, 5.74) is 0.976. The van der Waals surface area contributed by atoms with Crippen LogP contribution in [0.2, 0.25) is 0 Å². The fourth-order valence-electron chi connectivity index (χ4n) is 2.53. The van der Waals surface area contributed by atoms with Gasteiger partial charge in [0.25, 0.3) is 0 Å². The Hall–Kier alpha value is -3.03. The Morgan fingerprint density at radius 3 is 2.68 bits per heavy atom. The molecule has 0 amide bonds. The average molecular weight is 350 g/mol. The van der Waals surface area contributed by atoms with E-state index in [4.69, 9.17) is 4.74 Å². The minimum Gasteiger partial charge on any atom is -0.462 e. The Morgan fingerprint density at radius 2 is 2.04 bits per heavy atom. The second-order valence-corrected chi connectivity index (χ2v) is 5.18. The third-order valence-corrected chi connectivity index (χ3v) is 3.52. The van der Waals surface area contributed by atoms with Gasteiger partial charge in [-0.15, -0.1) is 13.2 Å². The molecule has 0 bridgehead atoms. The topological polar surface area (TPSA) is 60.5 Å². The molecule has 0 saturated carbocycles. The van der Waals surface area contributed by atoms with E-state index in [1.165, 1.54) is 18.3 Å². The molecule has 2 heterocycles. The van der Waals surface area contributed by atoms with Crippen LogP contribution in [-0.2, 0) is 9.53 Å². The van der Waals surface area contributed by atoms with Gasteiger partial charge in [0.05, 0.1) is 5.57 Å². The fraction of sp³-hybridized carbons (Fsp3) is 0.176.